The van der Waals surface area contributed by atoms with E-state index in [1.165, 1.54) is 12.2 Å². The third kappa shape index (κ3) is 3.19. The van der Waals surface area contributed by atoms with Gasteiger partial charge in [-0.1, -0.05) is 6.92 Å². The van der Waals surface area contributed by atoms with Gasteiger partial charge in [-0.2, -0.15) is 11.8 Å². The third-order valence-electron chi connectivity index (χ3n) is 2.82. The number of nitrogens with one attached hydrogen (secondary N) is 2. The van der Waals surface area contributed by atoms with Gasteiger partial charge in [-0.05, 0) is 18.6 Å². The maximum absolute atomic E-state index is 5.43. The number of hydrogen-bond donors (Lipinski definition) is 2. The van der Waals surface area contributed by atoms with Crippen molar-refractivity contribution in [2.24, 2.45) is 0 Å². The molecule has 0 amide bonds. The molecule has 1 aliphatic heterocycles. The van der Waals surface area contributed by atoms with Crippen LogP contribution in [0.5, 0.6) is 5.75 Å². The van der Waals surface area contributed by atoms with Crippen LogP contribution in [-0.4, -0.2) is 41.2 Å². The zero-order valence-electron chi connectivity index (χ0n) is 10.9. The molecule has 0 bridgehead atoms. The topological polar surface area (TPSA) is 59.1 Å². The van der Waals surface area contributed by atoms with E-state index >= 15 is 0 Å². The minimum Gasteiger partial charge on any atom is -0.490 e. The van der Waals surface area contributed by atoms with Crippen molar-refractivity contribution in [1.82, 2.24) is 9.97 Å². The Morgan fingerprint density at radius 3 is 2.94 bits per heavy atom. The summed E-state index contributed by atoms with van der Waals surface area (Å²) in [4.78, 5) is 8.52. The molecular weight excluding hydrogens is 248 g/mol. The van der Waals surface area contributed by atoms with E-state index in [1.54, 1.807) is 13.4 Å². The molecule has 0 saturated carbocycles. The van der Waals surface area contributed by atoms with E-state index in [9.17, 15) is 0 Å². The Balaban J connectivity index is 2.12. The summed E-state index contributed by atoms with van der Waals surface area (Å²) in [5, 5.41) is 6.70. The van der Waals surface area contributed by atoms with Crippen LogP contribution in [0.3, 0.4) is 0 Å². The highest BCUT2D eigenvalue weighted by Gasteiger charge is 2.19. The number of nitrogens with zero attached hydrogens (tertiary/aromatic N) is 2. The highest BCUT2D eigenvalue weighted by molar-refractivity contribution is 7.99. The smallest absolute Gasteiger partial charge is 0.204 e. The van der Waals surface area contributed by atoms with Crippen LogP contribution >= 0.6 is 11.8 Å². The molecule has 2 N–H and O–H groups in total. The molecule has 0 spiro atoms. The SMILES string of the molecule is CCCNc1ncnc(NC2CCSC2)c1OC. The van der Waals surface area contributed by atoms with Gasteiger partial charge in [0.15, 0.2) is 11.6 Å². The van der Waals surface area contributed by atoms with Crippen molar-refractivity contribution in [3.05, 3.63) is 6.33 Å². The number of thioether (sulfide) groups is 1. The highest BCUT2D eigenvalue weighted by Crippen LogP contribution is 2.31. The molecule has 0 aromatic carbocycles. The Morgan fingerprint density at radius 2 is 2.28 bits per heavy atom. The fourth-order valence-electron chi connectivity index (χ4n) is 1.88. The molecule has 5 nitrogen and oxygen atoms in total. The van der Waals surface area contributed by atoms with E-state index in [1.807, 2.05) is 11.8 Å². The maximum atomic E-state index is 5.43. The number of ether oxygens (including phenoxy) is 1. The van der Waals surface area contributed by atoms with Crippen LogP contribution in [0.25, 0.3) is 0 Å². The van der Waals surface area contributed by atoms with E-state index < -0.39 is 0 Å². The van der Waals surface area contributed by atoms with Crippen LogP contribution in [0.1, 0.15) is 19.8 Å². The fraction of sp³-hybridized carbons (Fsp3) is 0.667. The normalized spacial score (nSPS) is 18.7. The molecule has 0 radical (unpaired) electrons. The van der Waals surface area contributed by atoms with Gasteiger partial charge in [0.25, 0.3) is 0 Å². The molecule has 18 heavy (non-hydrogen) atoms. The average Bonchev–Trinajstić information content (AvgIpc) is 2.89. The van der Waals surface area contributed by atoms with Crippen LogP contribution in [-0.2, 0) is 0 Å². The van der Waals surface area contributed by atoms with Crippen LogP contribution < -0.4 is 15.4 Å². The van der Waals surface area contributed by atoms with Crippen molar-refractivity contribution < 1.29 is 4.74 Å². The van der Waals surface area contributed by atoms with E-state index in [0.29, 0.717) is 11.8 Å². The molecule has 2 heterocycles. The summed E-state index contributed by atoms with van der Waals surface area (Å²) in [6, 6.07) is 0.484. The second kappa shape index (κ2) is 6.68. The van der Waals surface area contributed by atoms with Gasteiger partial charge in [0.2, 0.25) is 5.75 Å². The van der Waals surface area contributed by atoms with Crippen molar-refractivity contribution in [2.45, 2.75) is 25.8 Å². The lowest BCUT2D eigenvalue weighted by Gasteiger charge is -2.16. The van der Waals surface area contributed by atoms with Crippen molar-refractivity contribution in [3.63, 3.8) is 0 Å². The minimum atomic E-state index is 0.484. The molecule has 1 fully saturated rings. The van der Waals surface area contributed by atoms with Gasteiger partial charge in [-0.25, -0.2) is 9.97 Å². The number of hydrogen-bond acceptors (Lipinski definition) is 6. The molecule has 1 aromatic rings. The molecule has 2 rings (SSSR count). The molecule has 1 unspecified atom stereocenters. The fourth-order valence-corrected chi connectivity index (χ4v) is 3.03. The van der Waals surface area contributed by atoms with E-state index in [0.717, 1.165) is 30.4 Å². The first kappa shape index (κ1) is 13.3. The van der Waals surface area contributed by atoms with E-state index in [4.69, 9.17) is 4.74 Å². The second-order valence-corrected chi connectivity index (χ2v) is 5.39. The van der Waals surface area contributed by atoms with Crippen LogP contribution in [0.2, 0.25) is 0 Å². The monoisotopic (exact) mass is 268 g/mol. The van der Waals surface area contributed by atoms with Gasteiger partial charge in [-0.3, -0.25) is 0 Å². The number of methoxy groups -OCH3 is 1. The molecule has 0 aliphatic carbocycles. The van der Waals surface area contributed by atoms with E-state index in [2.05, 4.69) is 27.5 Å². The van der Waals surface area contributed by atoms with Gasteiger partial charge < -0.3 is 15.4 Å². The highest BCUT2D eigenvalue weighted by atomic mass is 32.2. The summed E-state index contributed by atoms with van der Waals surface area (Å²) in [5.74, 6) is 4.61. The number of rotatable bonds is 6. The summed E-state index contributed by atoms with van der Waals surface area (Å²) in [7, 11) is 1.66. The number of aromatic nitrogens is 2. The Hall–Kier alpha value is -1.17. The lowest BCUT2D eigenvalue weighted by molar-refractivity contribution is 0.414. The van der Waals surface area contributed by atoms with Crippen molar-refractivity contribution in [3.8, 4) is 5.75 Å². The predicted octanol–water partition coefficient (Wildman–Crippen LogP) is 2.22. The predicted molar refractivity (Wildman–Crippen MR) is 76.7 cm³/mol. The third-order valence-corrected chi connectivity index (χ3v) is 3.98. The molecule has 1 saturated heterocycles. The molecule has 1 atom stereocenters. The van der Waals surface area contributed by atoms with Crippen LogP contribution in [0.4, 0.5) is 11.6 Å². The summed E-state index contributed by atoms with van der Waals surface area (Å²) < 4.78 is 5.43. The first-order chi connectivity index (χ1) is 8.85. The largest absolute Gasteiger partial charge is 0.490 e. The molecule has 6 heteroatoms. The standard InChI is InChI=1S/C12H20N4OS/c1-3-5-13-11-10(17-2)12(15-8-14-11)16-9-4-6-18-7-9/h8-9H,3-7H2,1-2H3,(H2,13,14,15,16). The van der Waals surface area contributed by atoms with Gasteiger partial charge in [0.1, 0.15) is 6.33 Å². The first-order valence-corrected chi connectivity index (χ1v) is 7.47. The molecular formula is C12H20N4OS. The van der Waals surface area contributed by atoms with Gasteiger partial charge in [-0.15, -0.1) is 0 Å². The summed E-state index contributed by atoms with van der Waals surface area (Å²) in [6.07, 6.45) is 3.80. The lowest BCUT2D eigenvalue weighted by atomic mass is 10.2. The minimum absolute atomic E-state index is 0.484. The second-order valence-electron chi connectivity index (χ2n) is 4.24. The Morgan fingerprint density at radius 1 is 1.44 bits per heavy atom. The van der Waals surface area contributed by atoms with Crippen molar-refractivity contribution >= 4 is 23.4 Å². The van der Waals surface area contributed by atoms with Gasteiger partial charge in [0.05, 0.1) is 7.11 Å². The Labute approximate surface area is 112 Å². The van der Waals surface area contributed by atoms with Gasteiger partial charge in [0, 0.05) is 18.3 Å². The van der Waals surface area contributed by atoms with Gasteiger partial charge >= 0.3 is 0 Å². The van der Waals surface area contributed by atoms with Crippen molar-refractivity contribution in [2.75, 3.05) is 35.8 Å². The molecule has 100 valence electrons. The quantitative estimate of drug-likeness (QED) is 0.825. The zero-order chi connectivity index (χ0) is 12.8. The zero-order valence-corrected chi connectivity index (χ0v) is 11.7. The van der Waals surface area contributed by atoms with Crippen LogP contribution in [0, 0.1) is 0 Å². The van der Waals surface area contributed by atoms with Crippen LogP contribution in [0.15, 0.2) is 6.33 Å². The average molecular weight is 268 g/mol. The summed E-state index contributed by atoms with van der Waals surface area (Å²) in [5.41, 5.74) is 0. The van der Waals surface area contributed by atoms with Crippen molar-refractivity contribution in [1.29, 1.82) is 0 Å². The summed E-state index contributed by atoms with van der Waals surface area (Å²) >= 11 is 1.97. The number of anilines is 2. The Kier molecular flexibility index (Phi) is 4.92. The van der Waals surface area contributed by atoms with E-state index in [-0.39, 0.29) is 0 Å². The summed E-state index contributed by atoms with van der Waals surface area (Å²) in [6.45, 7) is 3.00. The molecule has 1 aromatic heterocycles. The molecule has 1 aliphatic rings. The maximum Gasteiger partial charge on any atom is 0.204 e. The first-order valence-electron chi connectivity index (χ1n) is 6.32. The Bertz CT molecular complexity index is 382. The lowest BCUT2D eigenvalue weighted by Crippen LogP contribution is -2.20.